The first-order valence-electron chi connectivity index (χ1n) is 3.83. The molecule has 66 valence electrons. The number of rotatable bonds is 2. The fourth-order valence-electron chi connectivity index (χ4n) is 0.949. The molecule has 2 rings (SSSR count). The van der Waals surface area contributed by atoms with Gasteiger partial charge < -0.3 is 4.42 Å². The number of nitrogens with zero attached hydrogens (tertiary/aromatic N) is 2. The van der Waals surface area contributed by atoms with Crippen molar-refractivity contribution in [3.8, 4) is 0 Å². The maximum Gasteiger partial charge on any atom is 0.209 e. The molecule has 0 aliphatic carbocycles. The molecule has 0 aromatic carbocycles. The Morgan fingerprint density at radius 3 is 3.15 bits per heavy atom. The van der Waals surface area contributed by atoms with Crippen molar-refractivity contribution in [3.05, 3.63) is 35.7 Å². The van der Waals surface area contributed by atoms with Gasteiger partial charge in [-0.15, -0.1) is 11.3 Å². The van der Waals surface area contributed by atoms with Crippen LogP contribution in [0.3, 0.4) is 0 Å². The molecule has 0 fully saturated rings. The van der Waals surface area contributed by atoms with Gasteiger partial charge >= 0.3 is 0 Å². The Hall–Kier alpha value is -1.42. The number of hydrogen-bond donors (Lipinski definition) is 0. The summed E-state index contributed by atoms with van der Waals surface area (Å²) in [4.78, 5) is 8.39. The molecule has 2 aromatic heterocycles. The zero-order chi connectivity index (χ0) is 9.10. The molecule has 0 unspecified atom stereocenters. The summed E-state index contributed by atoms with van der Waals surface area (Å²) in [7, 11) is 0. The van der Waals surface area contributed by atoms with E-state index in [0.717, 1.165) is 16.4 Å². The van der Waals surface area contributed by atoms with Crippen LogP contribution in [-0.4, -0.2) is 10.7 Å². The smallest absolute Gasteiger partial charge is 0.209 e. The van der Waals surface area contributed by atoms with Crippen LogP contribution in [0, 0.1) is 0 Å². The number of aliphatic imine (C=N–C) groups is 1. The Morgan fingerprint density at radius 1 is 1.62 bits per heavy atom. The topological polar surface area (TPSA) is 38.4 Å². The molecule has 0 aliphatic rings. The molecule has 0 saturated heterocycles. The van der Waals surface area contributed by atoms with E-state index in [9.17, 15) is 0 Å². The van der Waals surface area contributed by atoms with Gasteiger partial charge in [-0.1, -0.05) is 0 Å². The van der Waals surface area contributed by atoms with Crippen LogP contribution in [0.4, 0.5) is 5.13 Å². The molecule has 2 aromatic rings. The van der Waals surface area contributed by atoms with Crippen LogP contribution < -0.4 is 0 Å². The van der Waals surface area contributed by atoms with E-state index in [2.05, 4.69) is 9.98 Å². The van der Waals surface area contributed by atoms with E-state index < -0.39 is 0 Å². The van der Waals surface area contributed by atoms with Crippen molar-refractivity contribution in [2.75, 3.05) is 0 Å². The largest absolute Gasteiger partial charge is 0.472 e. The SMILES string of the molecule is C/C(=N/c1nccs1)c1ccoc1. The number of thiazole rings is 1. The molecule has 0 radical (unpaired) electrons. The quantitative estimate of drug-likeness (QED) is 0.686. The highest BCUT2D eigenvalue weighted by Gasteiger charge is 1.99. The summed E-state index contributed by atoms with van der Waals surface area (Å²) in [5.74, 6) is 0. The lowest BCUT2D eigenvalue weighted by molar-refractivity contribution is 0.567. The zero-order valence-electron chi connectivity index (χ0n) is 7.10. The van der Waals surface area contributed by atoms with E-state index in [1.54, 1.807) is 18.7 Å². The second-order valence-corrected chi connectivity index (χ2v) is 3.40. The van der Waals surface area contributed by atoms with Crippen molar-refractivity contribution in [2.45, 2.75) is 6.92 Å². The average molecular weight is 192 g/mol. The van der Waals surface area contributed by atoms with Gasteiger partial charge in [0.1, 0.15) is 0 Å². The fraction of sp³-hybridized carbons (Fsp3) is 0.111. The Morgan fingerprint density at radius 2 is 2.54 bits per heavy atom. The van der Waals surface area contributed by atoms with Gasteiger partial charge in [-0.2, -0.15) is 0 Å². The Balaban J connectivity index is 2.27. The first-order chi connectivity index (χ1) is 6.36. The van der Waals surface area contributed by atoms with Gasteiger partial charge in [0.25, 0.3) is 0 Å². The summed E-state index contributed by atoms with van der Waals surface area (Å²) < 4.78 is 4.96. The van der Waals surface area contributed by atoms with Crippen LogP contribution in [0.15, 0.2) is 39.6 Å². The van der Waals surface area contributed by atoms with Crippen molar-refractivity contribution in [1.82, 2.24) is 4.98 Å². The minimum atomic E-state index is 0.777. The molecule has 4 heteroatoms. The summed E-state index contributed by atoms with van der Waals surface area (Å²) in [5.41, 5.74) is 1.92. The molecule has 2 heterocycles. The first-order valence-corrected chi connectivity index (χ1v) is 4.71. The maximum atomic E-state index is 4.96. The molecule has 0 saturated carbocycles. The van der Waals surface area contributed by atoms with Gasteiger partial charge in [0.15, 0.2) is 0 Å². The van der Waals surface area contributed by atoms with Crippen molar-refractivity contribution in [2.24, 2.45) is 4.99 Å². The zero-order valence-corrected chi connectivity index (χ0v) is 7.91. The number of aromatic nitrogens is 1. The highest BCUT2D eigenvalue weighted by Crippen LogP contribution is 2.16. The normalized spacial score (nSPS) is 11.9. The van der Waals surface area contributed by atoms with Gasteiger partial charge in [-0.3, -0.25) is 0 Å². The lowest BCUT2D eigenvalue weighted by Gasteiger charge is -1.91. The predicted octanol–water partition coefficient (Wildman–Crippen LogP) is 2.88. The monoisotopic (exact) mass is 192 g/mol. The highest BCUT2D eigenvalue weighted by molar-refractivity contribution is 7.13. The summed E-state index contributed by atoms with van der Waals surface area (Å²) in [6, 6.07) is 1.88. The minimum absolute atomic E-state index is 0.777. The van der Waals surface area contributed by atoms with E-state index >= 15 is 0 Å². The number of furan rings is 1. The molecule has 0 amide bonds. The first kappa shape index (κ1) is 8.19. The van der Waals surface area contributed by atoms with Crippen LogP contribution in [0.2, 0.25) is 0 Å². The van der Waals surface area contributed by atoms with Gasteiger partial charge in [-0.25, -0.2) is 9.98 Å². The van der Waals surface area contributed by atoms with Crippen LogP contribution in [0.5, 0.6) is 0 Å². The van der Waals surface area contributed by atoms with Crippen LogP contribution in [-0.2, 0) is 0 Å². The third kappa shape index (κ3) is 1.84. The third-order valence-corrected chi connectivity index (χ3v) is 2.29. The lowest BCUT2D eigenvalue weighted by Crippen LogP contribution is -1.89. The lowest BCUT2D eigenvalue weighted by atomic mass is 10.2. The van der Waals surface area contributed by atoms with Crippen LogP contribution >= 0.6 is 11.3 Å². The highest BCUT2D eigenvalue weighted by atomic mass is 32.1. The second-order valence-electron chi connectivity index (χ2n) is 2.52. The summed E-state index contributed by atoms with van der Waals surface area (Å²) in [5, 5.41) is 2.68. The van der Waals surface area contributed by atoms with Crippen molar-refractivity contribution >= 4 is 22.2 Å². The van der Waals surface area contributed by atoms with Gasteiger partial charge in [-0.05, 0) is 13.0 Å². The predicted molar refractivity (Wildman–Crippen MR) is 52.7 cm³/mol. The maximum absolute atomic E-state index is 4.96. The van der Waals surface area contributed by atoms with E-state index in [0.29, 0.717) is 0 Å². The Kier molecular flexibility index (Phi) is 2.23. The van der Waals surface area contributed by atoms with Crippen molar-refractivity contribution in [3.63, 3.8) is 0 Å². The molecule has 0 bridgehead atoms. The Labute approximate surface area is 79.8 Å². The number of hydrogen-bond acceptors (Lipinski definition) is 4. The van der Waals surface area contributed by atoms with Gasteiger partial charge in [0.05, 0.1) is 18.2 Å². The molecule has 13 heavy (non-hydrogen) atoms. The molecular formula is C9H8N2OS. The summed E-state index contributed by atoms with van der Waals surface area (Å²) in [6.45, 7) is 1.94. The van der Waals surface area contributed by atoms with Crippen LogP contribution in [0.1, 0.15) is 12.5 Å². The molecule has 0 N–H and O–H groups in total. The molecule has 3 nitrogen and oxygen atoms in total. The van der Waals surface area contributed by atoms with E-state index in [4.69, 9.17) is 4.42 Å². The molecular weight excluding hydrogens is 184 g/mol. The molecule has 0 spiro atoms. The van der Waals surface area contributed by atoms with Crippen LogP contribution in [0.25, 0.3) is 0 Å². The average Bonchev–Trinajstić information content (AvgIpc) is 2.74. The standard InChI is InChI=1S/C9H8N2OS/c1-7(8-2-4-12-6-8)11-9-10-3-5-13-9/h2-6H,1H3/b11-7-. The fourth-order valence-corrected chi connectivity index (χ4v) is 1.50. The second kappa shape index (κ2) is 3.53. The van der Waals surface area contributed by atoms with Crippen molar-refractivity contribution in [1.29, 1.82) is 0 Å². The summed E-state index contributed by atoms with van der Waals surface area (Å²) >= 11 is 1.52. The van der Waals surface area contributed by atoms with E-state index in [1.807, 2.05) is 18.4 Å². The van der Waals surface area contributed by atoms with E-state index in [1.165, 1.54) is 11.3 Å². The van der Waals surface area contributed by atoms with E-state index in [-0.39, 0.29) is 0 Å². The summed E-state index contributed by atoms with van der Waals surface area (Å²) in [6.07, 6.45) is 5.05. The molecule has 0 atom stereocenters. The van der Waals surface area contributed by atoms with Gasteiger partial charge in [0.2, 0.25) is 5.13 Å². The van der Waals surface area contributed by atoms with Crippen molar-refractivity contribution < 1.29 is 4.42 Å². The third-order valence-electron chi connectivity index (χ3n) is 1.62. The Bertz CT molecular complexity index is 389. The minimum Gasteiger partial charge on any atom is -0.472 e. The molecule has 0 aliphatic heterocycles. The van der Waals surface area contributed by atoms with Gasteiger partial charge in [0, 0.05) is 17.1 Å².